The standard InChI is InChI=1S/C8H17NO2.CH4O/c1-2-3-4-5-6-7(9)8(10)11;1-2/h7H,2-6,9H2,1H3,(H,10,11);2H,1H3/t7-;/m0./s1. The molecule has 1 atom stereocenters. The van der Waals surface area contributed by atoms with Crippen LogP contribution in [-0.4, -0.2) is 29.3 Å². The van der Waals surface area contributed by atoms with Crippen LogP contribution in [0.15, 0.2) is 0 Å². The van der Waals surface area contributed by atoms with Crippen molar-refractivity contribution in [2.45, 2.75) is 45.1 Å². The van der Waals surface area contributed by atoms with Crippen LogP contribution in [0.2, 0.25) is 0 Å². The van der Waals surface area contributed by atoms with Gasteiger partial charge >= 0.3 is 5.97 Å². The first kappa shape index (κ1) is 14.9. The summed E-state index contributed by atoms with van der Waals surface area (Å²) in [6.45, 7) is 2.12. The minimum absolute atomic E-state index is 0.606. The van der Waals surface area contributed by atoms with Crippen molar-refractivity contribution in [2.24, 2.45) is 5.73 Å². The van der Waals surface area contributed by atoms with E-state index in [1.54, 1.807) is 0 Å². The first-order chi connectivity index (χ1) is 6.18. The monoisotopic (exact) mass is 191 g/mol. The smallest absolute Gasteiger partial charge is 0.320 e. The van der Waals surface area contributed by atoms with Crippen LogP contribution in [0.3, 0.4) is 0 Å². The summed E-state index contributed by atoms with van der Waals surface area (Å²) in [7, 11) is 1.00. The molecule has 0 bridgehead atoms. The number of hydrogen-bond donors (Lipinski definition) is 3. The third-order valence-electron chi connectivity index (χ3n) is 1.69. The summed E-state index contributed by atoms with van der Waals surface area (Å²) in [5.41, 5.74) is 5.30. The Morgan fingerprint density at radius 3 is 2.23 bits per heavy atom. The number of hydrogen-bond acceptors (Lipinski definition) is 3. The molecule has 0 aliphatic rings. The predicted molar refractivity (Wildman–Crippen MR) is 52.5 cm³/mol. The Hall–Kier alpha value is -0.610. The SMILES string of the molecule is CCCCCC[C@H](N)C(=O)O.CO. The Bertz CT molecular complexity index is 117. The number of nitrogens with two attached hydrogens (primary N) is 1. The predicted octanol–water partition coefficient (Wildman–Crippen LogP) is 0.977. The van der Waals surface area contributed by atoms with Crippen molar-refractivity contribution in [2.75, 3.05) is 7.11 Å². The Morgan fingerprint density at radius 2 is 1.85 bits per heavy atom. The van der Waals surface area contributed by atoms with Gasteiger partial charge in [0.2, 0.25) is 0 Å². The van der Waals surface area contributed by atoms with E-state index >= 15 is 0 Å². The van der Waals surface area contributed by atoms with Gasteiger partial charge in [-0.05, 0) is 6.42 Å². The Kier molecular flexibility index (Phi) is 13.0. The van der Waals surface area contributed by atoms with Crippen molar-refractivity contribution in [3.8, 4) is 0 Å². The average Bonchev–Trinajstić information content (AvgIpc) is 2.15. The summed E-state index contributed by atoms with van der Waals surface area (Å²) in [4.78, 5) is 10.2. The normalized spacial score (nSPS) is 11.4. The largest absolute Gasteiger partial charge is 0.480 e. The molecule has 4 heteroatoms. The number of unbranched alkanes of at least 4 members (excludes halogenated alkanes) is 3. The van der Waals surface area contributed by atoms with Gasteiger partial charge in [0.05, 0.1) is 0 Å². The maximum atomic E-state index is 10.2. The highest BCUT2D eigenvalue weighted by Gasteiger charge is 2.09. The van der Waals surface area contributed by atoms with Crippen LogP contribution in [0.25, 0.3) is 0 Å². The molecule has 4 nitrogen and oxygen atoms in total. The van der Waals surface area contributed by atoms with Crippen LogP contribution in [0.1, 0.15) is 39.0 Å². The van der Waals surface area contributed by atoms with E-state index in [0.717, 1.165) is 20.0 Å². The van der Waals surface area contributed by atoms with Crippen molar-refractivity contribution in [3.05, 3.63) is 0 Å². The molecule has 0 aliphatic carbocycles. The quantitative estimate of drug-likeness (QED) is 0.546. The molecule has 4 N–H and O–H groups in total. The molecule has 0 amide bonds. The fourth-order valence-corrected chi connectivity index (χ4v) is 0.915. The molecule has 0 aromatic heterocycles. The van der Waals surface area contributed by atoms with Crippen molar-refractivity contribution in [1.29, 1.82) is 0 Å². The average molecular weight is 191 g/mol. The van der Waals surface area contributed by atoms with Crippen molar-refractivity contribution >= 4 is 5.97 Å². The Morgan fingerprint density at radius 1 is 1.31 bits per heavy atom. The van der Waals surface area contributed by atoms with E-state index in [9.17, 15) is 4.79 Å². The van der Waals surface area contributed by atoms with Crippen molar-refractivity contribution in [3.63, 3.8) is 0 Å². The molecule has 0 fully saturated rings. The van der Waals surface area contributed by atoms with Gasteiger partial charge in [-0.3, -0.25) is 4.79 Å². The molecule has 0 aromatic rings. The fourth-order valence-electron chi connectivity index (χ4n) is 0.915. The van der Waals surface area contributed by atoms with Gasteiger partial charge in [-0.15, -0.1) is 0 Å². The molecule has 0 unspecified atom stereocenters. The van der Waals surface area contributed by atoms with Crippen molar-refractivity contribution < 1.29 is 15.0 Å². The summed E-state index contributed by atoms with van der Waals surface area (Å²) < 4.78 is 0. The maximum absolute atomic E-state index is 10.2. The van der Waals surface area contributed by atoms with E-state index in [1.807, 2.05) is 0 Å². The maximum Gasteiger partial charge on any atom is 0.320 e. The fraction of sp³-hybridized carbons (Fsp3) is 0.889. The molecule has 0 saturated heterocycles. The van der Waals surface area contributed by atoms with Gasteiger partial charge < -0.3 is 15.9 Å². The van der Waals surface area contributed by atoms with Gasteiger partial charge in [-0.2, -0.15) is 0 Å². The first-order valence-electron chi connectivity index (χ1n) is 4.61. The highest BCUT2D eigenvalue weighted by molar-refractivity contribution is 5.72. The van der Waals surface area contributed by atoms with E-state index in [-0.39, 0.29) is 0 Å². The minimum atomic E-state index is -0.888. The van der Waals surface area contributed by atoms with Crippen LogP contribution in [0.4, 0.5) is 0 Å². The molecular formula is C9H21NO3. The van der Waals surface area contributed by atoms with E-state index in [4.69, 9.17) is 15.9 Å². The highest BCUT2D eigenvalue weighted by atomic mass is 16.4. The van der Waals surface area contributed by atoms with E-state index < -0.39 is 12.0 Å². The third kappa shape index (κ3) is 11.4. The molecule has 13 heavy (non-hydrogen) atoms. The molecule has 0 aliphatic heterocycles. The number of carboxylic acid groups (broad SMARTS) is 1. The van der Waals surface area contributed by atoms with Gasteiger partial charge in [0, 0.05) is 7.11 Å². The lowest BCUT2D eigenvalue weighted by Gasteiger charge is -2.04. The summed E-state index contributed by atoms with van der Waals surface area (Å²) in [5.74, 6) is -0.888. The van der Waals surface area contributed by atoms with Crippen LogP contribution in [0, 0.1) is 0 Å². The molecule has 0 heterocycles. The van der Waals surface area contributed by atoms with E-state index in [2.05, 4.69) is 6.92 Å². The molecule has 0 rings (SSSR count). The topological polar surface area (TPSA) is 83.6 Å². The van der Waals surface area contributed by atoms with Crippen LogP contribution >= 0.6 is 0 Å². The van der Waals surface area contributed by atoms with Crippen LogP contribution in [0.5, 0.6) is 0 Å². The molecule has 0 aromatic carbocycles. The first-order valence-corrected chi connectivity index (χ1v) is 4.61. The number of aliphatic hydroxyl groups is 1. The number of carbonyl (C=O) groups is 1. The van der Waals surface area contributed by atoms with Gasteiger partial charge in [-0.25, -0.2) is 0 Å². The second-order valence-corrected chi connectivity index (χ2v) is 2.79. The number of aliphatic carboxylic acids is 1. The lowest BCUT2D eigenvalue weighted by atomic mass is 10.1. The lowest BCUT2D eigenvalue weighted by Crippen LogP contribution is -2.29. The highest BCUT2D eigenvalue weighted by Crippen LogP contribution is 2.03. The number of rotatable bonds is 6. The van der Waals surface area contributed by atoms with Gasteiger partial charge in [0.1, 0.15) is 6.04 Å². The summed E-state index contributed by atoms with van der Waals surface area (Å²) >= 11 is 0. The third-order valence-corrected chi connectivity index (χ3v) is 1.69. The second kappa shape index (κ2) is 11.4. The Balaban J connectivity index is 0. The zero-order valence-electron chi connectivity index (χ0n) is 8.49. The summed E-state index contributed by atoms with van der Waals surface area (Å²) in [6.07, 6.45) is 4.97. The zero-order valence-corrected chi connectivity index (χ0v) is 8.49. The van der Waals surface area contributed by atoms with Gasteiger partial charge in [-0.1, -0.05) is 32.6 Å². The lowest BCUT2D eigenvalue weighted by molar-refractivity contribution is -0.138. The van der Waals surface area contributed by atoms with Crippen LogP contribution in [-0.2, 0) is 4.79 Å². The van der Waals surface area contributed by atoms with E-state index in [1.165, 1.54) is 12.8 Å². The van der Waals surface area contributed by atoms with Crippen molar-refractivity contribution in [1.82, 2.24) is 0 Å². The van der Waals surface area contributed by atoms with E-state index in [0.29, 0.717) is 6.42 Å². The molecule has 0 spiro atoms. The molecule has 0 saturated carbocycles. The van der Waals surface area contributed by atoms with Crippen LogP contribution < -0.4 is 5.73 Å². The molecule has 80 valence electrons. The zero-order chi connectivity index (χ0) is 10.7. The summed E-state index contributed by atoms with van der Waals surface area (Å²) in [5, 5.41) is 15.4. The summed E-state index contributed by atoms with van der Waals surface area (Å²) in [6, 6.07) is -0.660. The number of aliphatic hydroxyl groups excluding tert-OH is 1. The molecule has 0 radical (unpaired) electrons. The van der Waals surface area contributed by atoms with Gasteiger partial charge in [0.15, 0.2) is 0 Å². The number of carboxylic acids is 1. The molecular weight excluding hydrogens is 170 g/mol. The van der Waals surface area contributed by atoms with Gasteiger partial charge in [0.25, 0.3) is 0 Å². The minimum Gasteiger partial charge on any atom is -0.480 e. The second-order valence-electron chi connectivity index (χ2n) is 2.79. The Labute approximate surface area is 79.8 Å².